The van der Waals surface area contributed by atoms with Gasteiger partial charge in [-0.15, -0.1) is 0 Å². The van der Waals surface area contributed by atoms with E-state index in [1.807, 2.05) is 0 Å². The number of nitrogens with zero attached hydrogens (tertiary/aromatic N) is 2. The summed E-state index contributed by atoms with van der Waals surface area (Å²) >= 11 is 0. The molecule has 1 fully saturated rings. The molecule has 0 aliphatic carbocycles. The standard InChI is InChI=1S/C15H16N2O5/c1-22-10-6-9(7-16(8-10)15(20)21)17-13(18)11-4-2-3-5-12(11)14(17)19/h2-5,9-10H,6-8H2,1H3,(H,20,21)/t9-,10-/m1/s1. The lowest BCUT2D eigenvalue weighted by Crippen LogP contribution is -2.55. The third-order valence-electron chi connectivity index (χ3n) is 4.18. The molecule has 3 amide bonds. The number of hydrogen-bond donors (Lipinski definition) is 1. The molecule has 1 aromatic rings. The number of ether oxygens (including phenoxy) is 1. The zero-order chi connectivity index (χ0) is 15.9. The summed E-state index contributed by atoms with van der Waals surface area (Å²) in [7, 11) is 1.50. The monoisotopic (exact) mass is 304 g/mol. The first-order valence-electron chi connectivity index (χ1n) is 7.00. The first-order chi connectivity index (χ1) is 10.5. The Labute approximate surface area is 127 Å². The van der Waals surface area contributed by atoms with E-state index in [-0.39, 0.29) is 31.0 Å². The minimum Gasteiger partial charge on any atom is -0.465 e. The Hall–Kier alpha value is -2.41. The second-order valence-corrected chi connectivity index (χ2v) is 5.46. The Balaban J connectivity index is 1.89. The summed E-state index contributed by atoms with van der Waals surface area (Å²) in [6, 6.07) is 6.12. The van der Waals surface area contributed by atoms with Crippen molar-refractivity contribution in [1.29, 1.82) is 0 Å². The van der Waals surface area contributed by atoms with Crippen molar-refractivity contribution in [1.82, 2.24) is 9.80 Å². The number of likely N-dealkylation sites (tertiary alicyclic amines) is 1. The van der Waals surface area contributed by atoms with Gasteiger partial charge in [-0.25, -0.2) is 4.79 Å². The van der Waals surface area contributed by atoms with E-state index >= 15 is 0 Å². The highest BCUT2D eigenvalue weighted by Crippen LogP contribution is 2.28. The van der Waals surface area contributed by atoms with E-state index < -0.39 is 12.1 Å². The van der Waals surface area contributed by atoms with Gasteiger partial charge >= 0.3 is 6.09 Å². The van der Waals surface area contributed by atoms with Gasteiger partial charge in [0.2, 0.25) is 0 Å². The molecule has 7 heteroatoms. The van der Waals surface area contributed by atoms with Crippen molar-refractivity contribution in [3.63, 3.8) is 0 Å². The molecule has 0 saturated carbocycles. The molecule has 2 heterocycles. The van der Waals surface area contributed by atoms with Crippen LogP contribution in [0.1, 0.15) is 27.1 Å². The fraction of sp³-hybridized carbons (Fsp3) is 0.400. The lowest BCUT2D eigenvalue weighted by molar-refractivity contribution is -0.00102. The number of carbonyl (C=O) groups is 3. The molecule has 3 rings (SSSR count). The van der Waals surface area contributed by atoms with Crippen LogP contribution in [0.5, 0.6) is 0 Å². The molecule has 0 radical (unpaired) electrons. The molecule has 2 atom stereocenters. The molecule has 1 N–H and O–H groups in total. The predicted molar refractivity (Wildman–Crippen MR) is 75.7 cm³/mol. The van der Waals surface area contributed by atoms with Crippen LogP contribution in [0.25, 0.3) is 0 Å². The van der Waals surface area contributed by atoms with E-state index in [9.17, 15) is 19.5 Å². The van der Waals surface area contributed by atoms with Crippen LogP contribution in [0.4, 0.5) is 4.79 Å². The summed E-state index contributed by atoms with van der Waals surface area (Å²) < 4.78 is 5.25. The van der Waals surface area contributed by atoms with E-state index in [0.717, 1.165) is 0 Å². The molecular weight excluding hydrogens is 288 g/mol. The maximum atomic E-state index is 12.5. The largest absolute Gasteiger partial charge is 0.465 e. The Kier molecular flexibility index (Phi) is 3.58. The molecule has 2 aliphatic rings. The fourth-order valence-electron chi connectivity index (χ4n) is 3.08. The number of benzene rings is 1. The summed E-state index contributed by atoms with van der Waals surface area (Å²) in [5.74, 6) is -0.736. The van der Waals surface area contributed by atoms with E-state index in [0.29, 0.717) is 17.5 Å². The van der Waals surface area contributed by atoms with E-state index in [4.69, 9.17) is 4.74 Å². The maximum Gasteiger partial charge on any atom is 0.407 e. The van der Waals surface area contributed by atoms with Crippen molar-refractivity contribution in [3.8, 4) is 0 Å². The maximum absolute atomic E-state index is 12.5. The van der Waals surface area contributed by atoms with Crippen LogP contribution in [0.2, 0.25) is 0 Å². The first kappa shape index (κ1) is 14.5. The van der Waals surface area contributed by atoms with E-state index in [1.165, 1.54) is 16.9 Å². The molecule has 1 saturated heterocycles. The zero-order valence-corrected chi connectivity index (χ0v) is 12.1. The fourth-order valence-corrected chi connectivity index (χ4v) is 3.08. The molecule has 22 heavy (non-hydrogen) atoms. The molecule has 0 aromatic heterocycles. The average molecular weight is 304 g/mol. The molecule has 0 bridgehead atoms. The number of imide groups is 1. The lowest BCUT2D eigenvalue weighted by atomic mass is 10.0. The Morgan fingerprint density at radius 3 is 2.27 bits per heavy atom. The Morgan fingerprint density at radius 1 is 1.18 bits per heavy atom. The minimum absolute atomic E-state index is 0.112. The number of carbonyl (C=O) groups excluding carboxylic acids is 2. The third kappa shape index (κ3) is 2.23. The zero-order valence-electron chi connectivity index (χ0n) is 12.1. The molecule has 2 aliphatic heterocycles. The third-order valence-corrected chi connectivity index (χ3v) is 4.18. The van der Waals surface area contributed by atoms with Crippen LogP contribution < -0.4 is 0 Å². The molecular formula is C15H16N2O5. The van der Waals surface area contributed by atoms with Gasteiger partial charge in [0, 0.05) is 13.7 Å². The van der Waals surface area contributed by atoms with Gasteiger partial charge in [-0.3, -0.25) is 14.5 Å². The average Bonchev–Trinajstić information content (AvgIpc) is 2.78. The molecule has 0 spiro atoms. The van der Waals surface area contributed by atoms with Crippen molar-refractivity contribution in [2.75, 3.05) is 20.2 Å². The number of fused-ring (bicyclic) bond motifs is 1. The SMILES string of the molecule is CO[C@@H]1C[C@@H](N2C(=O)c3ccccc3C2=O)CN(C(=O)O)C1. The van der Waals surface area contributed by atoms with Crippen molar-refractivity contribution >= 4 is 17.9 Å². The highest BCUT2D eigenvalue weighted by atomic mass is 16.5. The number of rotatable bonds is 2. The van der Waals surface area contributed by atoms with Crippen LogP contribution in [0.15, 0.2) is 24.3 Å². The van der Waals surface area contributed by atoms with Gasteiger partial charge in [-0.2, -0.15) is 0 Å². The molecule has 7 nitrogen and oxygen atoms in total. The number of carboxylic acid groups (broad SMARTS) is 1. The lowest BCUT2D eigenvalue weighted by Gasteiger charge is -2.38. The van der Waals surface area contributed by atoms with Gasteiger partial charge in [0.25, 0.3) is 11.8 Å². The van der Waals surface area contributed by atoms with E-state index in [2.05, 4.69) is 0 Å². The smallest absolute Gasteiger partial charge is 0.407 e. The number of amides is 3. The van der Waals surface area contributed by atoms with Gasteiger partial charge in [0.15, 0.2) is 0 Å². The van der Waals surface area contributed by atoms with Crippen molar-refractivity contribution in [2.24, 2.45) is 0 Å². The summed E-state index contributed by atoms with van der Waals surface area (Å²) in [5, 5.41) is 9.20. The van der Waals surface area contributed by atoms with Crippen molar-refractivity contribution in [2.45, 2.75) is 18.6 Å². The topological polar surface area (TPSA) is 87.2 Å². The first-order valence-corrected chi connectivity index (χ1v) is 7.00. The predicted octanol–water partition coefficient (Wildman–Crippen LogP) is 1.05. The second-order valence-electron chi connectivity index (χ2n) is 5.46. The van der Waals surface area contributed by atoms with Crippen molar-refractivity contribution in [3.05, 3.63) is 35.4 Å². The van der Waals surface area contributed by atoms with Gasteiger partial charge < -0.3 is 14.7 Å². The van der Waals surface area contributed by atoms with Crippen LogP contribution in [0.3, 0.4) is 0 Å². The summed E-state index contributed by atoms with van der Waals surface area (Å²) in [5.41, 5.74) is 0.739. The van der Waals surface area contributed by atoms with Crippen LogP contribution in [-0.4, -0.2) is 65.2 Å². The van der Waals surface area contributed by atoms with Gasteiger partial charge in [-0.05, 0) is 18.6 Å². The van der Waals surface area contributed by atoms with Crippen molar-refractivity contribution < 1.29 is 24.2 Å². The van der Waals surface area contributed by atoms with Crippen LogP contribution in [0, 0.1) is 0 Å². The molecule has 1 aromatic carbocycles. The normalized spacial score (nSPS) is 24.6. The second kappa shape index (κ2) is 5.42. The summed E-state index contributed by atoms with van der Waals surface area (Å²) in [4.78, 5) is 38.6. The number of piperidine rings is 1. The van der Waals surface area contributed by atoms with Gasteiger partial charge in [0.1, 0.15) is 0 Å². The van der Waals surface area contributed by atoms with Gasteiger partial charge in [-0.1, -0.05) is 12.1 Å². The number of hydrogen-bond acceptors (Lipinski definition) is 4. The quantitative estimate of drug-likeness (QED) is 0.825. The highest BCUT2D eigenvalue weighted by Gasteiger charge is 2.43. The summed E-state index contributed by atoms with van der Waals surface area (Å²) in [6.45, 7) is 0.353. The molecule has 0 unspecified atom stereocenters. The number of methoxy groups -OCH3 is 1. The van der Waals surface area contributed by atoms with Crippen LogP contribution in [-0.2, 0) is 4.74 Å². The molecule has 116 valence electrons. The van der Waals surface area contributed by atoms with Gasteiger partial charge in [0.05, 0.1) is 29.8 Å². The Bertz CT molecular complexity index is 610. The Morgan fingerprint density at radius 2 is 1.77 bits per heavy atom. The van der Waals surface area contributed by atoms with E-state index in [1.54, 1.807) is 24.3 Å². The summed E-state index contributed by atoms with van der Waals surface area (Å²) in [6.07, 6.45) is -0.978. The minimum atomic E-state index is -1.08. The highest BCUT2D eigenvalue weighted by molar-refractivity contribution is 6.21. The van der Waals surface area contributed by atoms with Crippen LogP contribution >= 0.6 is 0 Å².